The van der Waals surface area contributed by atoms with Crippen LogP contribution in [0.25, 0.3) is 0 Å². The average molecular weight is 227 g/mol. The molecule has 15 heavy (non-hydrogen) atoms. The van der Waals surface area contributed by atoms with Crippen LogP contribution in [-0.4, -0.2) is 41.0 Å². The third-order valence-electron chi connectivity index (χ3n) is 3.23. The van der Waals surface area contributed by atoms with Crippen molar-refractivity contribution < 1.29 is 0 Å². The topological polar surface area (TPSA) is 41.6 Å². The first kappa shape index (κ1) is 11.1. The van der Waals surface area contributed by atoms with Gasteiger partial charge in [0.2, 0.25) is 0 Å². The van der Waals surface area contributed by atoms with Crippen molar-refractivity contribution >= 4 is 17.7 Å². The predicted octanol–water partition coefficient (Wildman–Crippen LogP) is 1.54. The number of nitrogens with zero attached hydrogens (tertiary/aromatic N) is 2. The van der Waals surface area contributed by atoms with Gasteiger partial charge in [-0.2, -0.15) is 11.8 Å². The maximum atomic E-state index is 6.00. The number of thioether (sulfide) groups is 1. The van der Waals surface area contributed by atoms with Gasteiger partial charge in [0.15, 0.2) is 5.96 Å². The molecule has 1 saturated heterocycles. The van der Waals surface area contributed by atoms with Crippen LogP contribution in [0.2, 0.25) is 0 Å². The first-order valence-corrected chi connectivity index (χ1v) is 6.95. The Hall–Kier alpha value is -0.380. The lowest BCUT2D eigenvalue weighted by Crippen LogP contribution is -2.55. The highest BCUT2D eigenvalue weighted by Crippen LogP contribution is 2.35. The van der Waals surface area contributed by atoms with Crippen molar-refractivity contribution in [2.24, 2.45) is 16.6 Å². The molecule has 0 aliphatic carbocycles. The average Bonchev–Trinajstić information content (AvgIpc) is 2.48. The lowest BCUT2D eigenvalue weighted by molar-refractivity contribution is 0.190. The molecule has 2 rings (SSSR count). The molecule has 0 amide bonds. The molecule has 0 radical (unpaired) electrons. The highest BCUT2D eigenvalue weighted by atomic mass is 32.2. The van der Waals surface area contributed by atoms with Gasteiger partial charge in [-0.1, -0.05) is 13.8 Å². The minimum absolute atomic E-state index is 0.261. The predicted molar refractivity (Wildman–Crippen MR) is 67.3 cm³/mol. The number of rotatable bonds is 2. The fourth-order valence-corrected chi connectivity index (χ4v) is 3.73. The molecule has 86 valence electrons. The van der Waals surface area contributed by atoms with Crippen molar-refractivity contribution in [3.63, 3.8) is 0 Å². The molecule has 1 atom stereocenters. The molecular formula is C11H21N3S. The largest absolute Gasteiger partial charge is 0.370 e. The lowest BCUT2D eigenvalue weighted by atomic mass is 9.93. The fourth-order valence-electron chi connectivity index (χ4n) is 2.47. The van der Waals surface area contributed by atoms with E-state index in [1.165, 1.54) is 24.3 Å². The van der Waals surface area contributed by atoms with Crippen LogP contribution in [0.5, 0.6) is 0 Å². The monoisotopic (exact) mass is 227 g/mol. The van der Waals surface area contributed by atoms with Gasteiger partial charge in [-0.25, -0.2) is 0 Å². The summed E-state index contributed by atoms with van der Waals surface area (Å²) in [5, 5.41) is 0. The molecule has 1 spiro atoms. The Balaban J connectivity index is 2.11. The molecule has 4 heteroatoms. The van der Waals surface area contributed by atoms with Crippen molar-refractivity contribution in [1.29, 1.82) is 0 Å². The summed E-state index contributed by atoms with van der Waals surface area (Å²) in [5.41, 5.74) is 6.26. The summed E-state index contributed by atoms with van der Waals surface area (Å²) in [4.78, 5) is 6.82. The SMILES string of the molecule is CC(C)CN1C(N)=NCC12CCCSC2. The van der Waals surface area contributed by atoms with Gasteiger partial charge in [0.25, 0.3) is 0 Å². The zero-order valence-electron chi connectivity index (χ0n) is 9.70. The van der Waals surface area contributed by atoms with Crippen LogP contribution >= 0.6 is 11.8 Å². The standard InChI is InChI=1S/C11H21N3S/c1-9(2)6-14-10(12)13-7-11(14)4-3-5-15-8-11/h9H,3-8H2,1-2H3,(H2,12,13). The molecule has 2 heterocycles. The molecule has 2 aliphatic heterocycles. The zero-order chi connectivity index (χ0) is 10.9. The number of hydrogen-bond acceptors (Lipinski definition) is 4. The Morgan fingerprint density at radius 1 is 1.60 bits per heavy atom. The molecule has 2 aliphatic rings. The van der Waals surface area contributed by atoms with E-state index in [9.17, 15) is 0 Å². The van der Waals surface area contributed by atoms with Gasteiger partial charge in [-0.3, -0.25) is 4.99 Å². The minimum Gasteiger partial charge on any atom is -0.370 e. The van der Waals surface area contributed by atoms with Crippen LogP contribution in [0, 0.1) is 5.92 Å². The van der Waals surface area contributed by atoms with Crippen LogP contribution in [0.1, 0.15) is 26.7 Å². The molecule has 0 bridgehead atoms. The summed E-state index contributed by atoms with van der Waals surface area (Å²) in [5.74, 6) is 3.92. The Labute approximate surface area is 96.5 Å². The Kier molecular flexibility index (Phi) is 3.14. The lowest BCUT2D eigenvalue weighted by Gasteiger charge is -2.42. The number of hydrogen-bond donors (Lipinski definition) is 1. The second-order valence-electron chi connectivity index (χ2n) is 5.06. The van der Waals surface area contributed by atoms with Crippen molar-refractivity contribution in [3.8, 4) is 0 Å². The van der Waals surface area contributed by atoms with Crippen LogP contribution in [0.4, 0.5) is 0 Å². The van der Waals surface area contributed by atoms with Crippen molar-refractivity contribution in [2.75, 3.05) is 24.6 Å². The van der Waals surface area contributed by atoms with Crippen LogP contribution < -0.4 is 5.73 Å². The summed E-state index contributed by atoms with van der Waals surface area (Å²) >= 11 is 2.05. The van der Waals surface area contributed by atoms with E-state index in [1.807, 2.05) is 0 Å². The van der Waals surface area contributed by atoms with Gasteiger partial charge >= 0.3 is 0 Å². The summed E-state index contributed by atoms with van der Waals surface area (Å²) < 4.78 is 0. The van der Waals surface area contributed by atoms with Crippen molar-refractivity contribution in [3.05, 3.63) is 0 Å². The van der Waals surface area contributed by atoms with E-state index in [1.54, 1.807) is 0 Å². The molecule has 0 saturated carbocycles. The first-order chi connectivity index (χ1) is 7.14. The second-order valence-corrected chi connectivity index (χ2v) is 6.16. The number of aliphatic imine (C=N–C) groups is 1. The maximum Gasteiger partial charge on any atom is 0.191 e. The van der Waals surface area contributed by atoms with Gasteiger partial charge < -0.3 is 10.6 Å². The van der Waals surface area contributed by atoms with Crippen LogP contribution in [0.15, 0.2) is 4.99 Å². The van der Waals surface area contributed by atoms with E-state index in [2.05, 4.69) is 35.5 Å². The van der Waals surface area contributed by atoms with Gasteiger partial charge in [-0.15, -0.1) is 0 Å². The smallest absolute Gasteiger partial charge is 0.191 e. The third kappa shape index (κ3) is 2.10. The first-order valence-electron chi connectivity index (χ1n) is 5.79. The summed E-state index contributed by atoms with van der Waals surface area (Å²) in [6, 6.07) is 0. The summed E-state index contributed by atoms with van der Waals surface area (Å²) in [7, 11) is 0. The number of nitrogens with two attached hydrogens (primary N) is 1. The van der Waals surface area contributed by atoms with E-state index in [-0.39, 0.29) is 5.54 Å². The van der Waals surface area contributed by atoms with Gasteiger partial charge in [0.1, 0.15) is 0 Å². The maximum absolute atomic E-state index is 6.00. The Morgan fingerprint density at radius 3 is 3.00 bits per heavy atom. The van der Waals surface area contributed by atoms with Crippen molar-refractivity contribution in [2.45, 2.75) is 32.2 Å². The van der Waals surface area contributed by atoms with Gasteiger partial charge in [-0.05, 0) is 24.5 Å². The molecule has 0 aromatic heterocycles. The third-order valence-corrected chi connectivity index (χ3v) is 4.55. The minimum atomic E-state index is 0.261. The molecule has 3 nitrogen and oxygen atoms in total. The van der Waals surface area contributed by atoms with E-state index in [0.29, 0.717) is 5.92 Å². The molecule has 1 unspecified atom stereocenters. The van der Waals surface area contributed by atoms with Crippen LogP contribution in [-0.2, 0) is 0 Å². The quantitative estimate of drug-likeness (QED) is 0.778. The Morgan fingerprint density at radius 2 is 2.40 bits per heavy atom. The van der Waals surface area contributed by atoms with Gasteiger partial charge in [0, 0.05) is 12.3 Å². The molecular weight excluding hydrogens is 206 g/mol. The van der Waals surface area contributed by atoms with E-state index in [0.717, 1.165) is 19.0 Å². The van der Waals surface area contributed by atoms with E-state index in [4.69, 9.17) is 5.73 Å². The number of guanidine groups is 1. The molecule has 1 fully saturated rings. The second kappa shape index (κ2) is 4.24. The Bertz CT molecular complexity index is 257. The molecule has 0 aromatic carbocycles. The highest BCUT2D eigenvalue weighted by molar-refractivity contribution is 7.99. The fraction of sp³-hybridized carbons (Fsp3) is 0.909. The van der Waals surface area contributed by atoms with Crippen molar-refractivity contribution in [1.82, 2.24) is 4.90 Å². The molecule has 2 N–H and O–H groups in total. The summed E-state index contributed by atoms with van der Waals surface area (Å²) in [6.45, 7) is 6.46. The highest BCUT2D eigenvalue weighted by Gasteiger charge is 2.43. The van der Waals surface area contributed by atoms with E-state index < -0.39 is 0 Å². The summed E-state index contributed by atoms with van der Waals surface area (Å²) in [6.07, 6.45) is 2.57. The normalized spacial score (nSPS) is 31.4. The molecule has 0 aromatic rings. The van der Waals surface area contributed by atoms with Gasteiger partial charge in [0.05, 0.1) is 12.1 Å². The van der Waals surface area contributed by atoms with Crippen LogP contribution in [0.3, 0.4) is 0 Å². The zero-order valence-corrected chi connectivity index (χ0v) is 10.5. The van der Waals surface area contributed by atoms with E-state index >= 15 is 0 Å².